The summed E-state index contributed by atoms with van der Waals surface area (Å²) in [6.45, 7) is 0.631. The number of nitrogens with zero attached hydrogens (tertiary/aromatic N) is 1. The minimum atomic E-state index is -4.48. The summed E-state index contributed by atoms with van der Waals surface area (Å²) in [5, 5.41) is 0. The van der Waals surface area contributed by atoms with Gasteiger partial charge in [-0.2, -0.15) is 0 Å². The number of hydrogen-bond acceptors (Lipinski definition) is 2. The second kappa shape index (κ2) is 3.62. The maximum absolute atomic E-state index is 11.6. The van der Waals surface area contributed by atoms with Crippen LogP contribution in [0.5, 0.6) is 0 Å². The largest absolute Gasteiger partial charge is 0.522 e. The Kier molecular flexibility index (Phi) is 2.95. The Morgan fingerprint density at radius 1 is 1.50 bits per heavy atom. The fourth-order valence-electron chi connectivity index (χ4n) is 1.38. The predicted octanol–water partition coefficient (Wildman–Crippen LogP) is 1.62. The zero-order valence-electron chi connectivity index (χ0n) is 6.90. The molecule has 5 heteroatoms. The molecule has 0 amide bonds. The third-order valence-corrected chi connectivity index (χ3v) is 2.11. The Bertz CT molecular complexity index is 148. The van der Waals surface area contributed by atoms with E-state index < -0.39 is 6.36 Å². The minimum absolute atomic E-state index is 0.0633. The molecule has 1 rings (SSSR count). The van der Waals surface area contributed by atoms with Crippen molar-refractivity contribution in [1.82, 2.24) is 4.90 Å². The summed E-state index contributed by atoms with van der Waals surface area (Å²) >= 11 is 0. The lowest BCUT2D eigenvalue weighted by atomic mass is 10.2. The van der Waals surface area contributed by atoms with Crippen LogP contribution in [0.4, 0.5) is 13.2 Å². The fourth-order valence-corrected chi connectivity index (χ4v) is 1.38. The van der Waals surface area contributed by atoms with Crippen LogP contribution in [0, 0.1) is 0 Å². The molecule has 0 aliphatic carbocycles. The van der Waals surface area contributed by atoms with Crippen LogP contribution in [0.2, 0.25) is 0 Å². The van der Waals surface area contributed by atoms with Crippen LogP contribution in [-0.4, -0.2) is 37.5 Å². The summed E-state index contributed by atoms with van der Waals surface area (Å²) in [7, 11) is 1.82. The quantitative estimate of drug-likeness (QED) is 0.645. The highest BCUT2D eigenvalue weighted by Crippen LogP contribution is 2.20. The van der Waals surface area contributed by atoms with Gasteiger partial charge in [0.1, 0.15) is 0 Å². The topological polar surface area (TPSA) is 12.5 Å². The SMILES string of the molecule is CN1CCCC1COC(F)(F)F. The fraction of sp³-hybridized carbons (Fsp3) is 1.00. The third kappa shape index (κ3) is 2.98. The van der Waals surface area contributed by atoms with Gasteiger partial charge in [-0.05, 0) is 26.4 Å². The first-order chi connectivity index (χ1) is 5.49. The monoisotopic (exact) mass is 183 g/mol. The van der Waals surface area contributed by atoms with E-state index in [-0.39, 0.29) is 12.6 Å². The van der Waals surface area contributed by atoms with Crippen molar-refractivity contribution >= 4 is 0 Å². The number of likely N-dealkylation sites (N-methyl/N-ethyl adjacent to an activating group) is 1. The van der Waals surface area contributed by atoms with Crippen molar-refractivity contribution in [2.75, 3.05) is 20.2 Å². The molecule has 0 bridgehead atoms. The van der Waals surface area contributed by atoms with E-state index >= 15 is 0 Å². The van der Waals surface area contributed by atoms with Crippen molar-refractivity contribution < 1.29 is 17.9 Å². The van der Waals surface area contributed by atoms with Crippen molar-refractivity contribution in [2.45, 2.75) is 25.2 Å². The van der Waals surface area contributed by atoms with Crippen LogP contribution in [-0.2, 0) is 4.74 Å². The molecule has 0 aromatic carbocycles. The third-order valence-electron chi connectivity index (χ3n) is 2.11. The van der Waals surface area contributed by atoms with Gasteiger partial charge in [-0.1, -0.05) is 0 Å². The molecule has 0 N–H and O–H groups in total. The Morgan fingerprint density at radius 2 is 2.17 bits per heavy atom. The molecule has 1 unspecified atom stereocenters. The van der Waals surface area contributed by atoms with E-state index in [4.69, 9.17) is 0 Å². The number of rotatable bonds is 2. The Hall–Kier alpha value is -0.290. The van der Waals surface area contributed by atoms with Gasteiger partial charge in [0, 0.05) is 6.04 Å². The van der Waals surface area contributed by atoms with Gasteiger partial charge in [-0.25, -0.2) is 0 Å². The minimum Gasteiger partial charge on any atom is -0.301 e. The van der Waals surface area contributed by atoms with E-state index in [2.05, 4.69) is 4.74 Å². The summed E-state index contributed by atoms with van der Waals surface area (Å²) in [4.78, 5) is 1.89. The molecule has 1 aliphatic heterocycles. The highest BCUT2D eigenvalue weighted by Gasteiger charge is 2.32. The Labute approximate surface area is 69.3 Å². The highest BCUT2D eigenvalue weighted by molar-refractivity contribution is 4.75. The van der Waals surface area contributed by atoms with Crippen molar-refractivity contribution in [3.05, 3.63) is 0 Å². The second-order valence-electron chi connectivity index (χ2n) is 3.03. The van der Waals surface area contributed by atoms with Gasteiger partial charge in [0.05, 0.1) is 6.61 Å². The van der Waals surface area contributed by atoms with Crippen LogP contribution in [0.15, 0.2) is 0 Å². The maximum Gasteiger partial charge on any atom is 0.522 e. The van der Waals surface area contributed by atoms with E-state index in [1.807, 2.05) is 11.9 Å². The van der Waals surface area contributed by atoms with Crippen LogP contribution in [0.3, 0.4) is 0 Å². The number of halogens is 3. The summed E-state index contributed by atoms with van der Waals surface area (Å²) in [6, 6.07) is -0.0633. The van der Waals surface area contributed by atoms with Crippen molar-refractivity contribution in [2.24, 2.45) is 0 Å². The van der Waals surface area contributed by atoms with Gasteiger partial charge >= 0.3 is 6.36 Å². The van der Waals surface area contributed by atoms with Gasteiger partial charge in [0.25, 0.3) is 0 Å². The first-order valence-corrected chi connectivity index (χ1v) is 3.90. The standard InChI is InChI=1S/C7H12F3NO/c1-11-4-2-3-6(11)5-12-7(8,9)10/h6H,2-5H2,1H3. The summed E-state index contributed by atoms with van der Waals surface area (Å²) in [5.41, 5.74) is 0. The summed E-state index contributed by atoms with van der Waals surface area (Å²) < 4.78 is 38.5. The maximum atomic E-state index is 11.6. The van der Waals surface area contributed by atoms with Gasteiger partial charge in [-0.3, -0.25) is 4.74 Å². The lowest BCUT2D eigenvalue weighted by Gasteiger charge is -2.19. The van der Waals surface area contributed by atoms with E-state index in [1.54, 1.807) is 0 Å². The molecule has 1 aliphatic rings. The van der Waals surface area contributed by atoms with Crippen LogP contribution in [0.25, 0.3) is 0 Å². The number of alkyl halides is 3. The summed E-state index contributed by atoms with van der Waals surface area (Å²) in [6.07, 6.45) is -2.72. The molecule has 0 aromatic rings. The molecule has 0 aromatic heterocycles. The number of ether oxygens (including phenoxy) is 1. The molecule has 1 heterocycles. The average molecular weight is 183 g/mol. The lowest BCUT2D eigenvalue weighted by molar-refractivity contribution is -0.327. The van der Waals surface area contributed by atoms with Gasteiger partial charge in [0.15, 0.2) is 0 Å². The van der Waals surface area contributed by atoms with E-state index in [9.17, 15) is 13.2 Å². The van der Waals surface area contributed by atoms with Crippen molar-refractivity contribution in [3.63, 3.8) is 0 Å². The first-order valence-electron chi connectivity index (χ1n) is 3.90. The van der Waals surface area contributed by atoms with E-state index in [0.29, 0.717) is 0 Å². The van der Waals surface area contributed by atoms with Crippen LogP contribution in [0.1, 0.15) is 12.8 Å². The molecule has 0 spiro atoms. The van der Waals surface area contributed by atoms with Gasteiger partial charge in [0.2, 0.25) is 0 Å². The smallest absolute Gasteiger partial charge is 0.301 e. The Balaban J connectivity index is 2.23. The average Bonchev–Trinajstić information content (AvgIpc) is 2.29. The molecular weight excluding hydrogens is 171 g/mol. The zero-order chi connectivity index (χ0) is 9.19. The van der Waals surface area contributed by atoms with Gasteiger partial charge < -0.3 is 4.90 Å². The number of hydrogen-bond donors (Lipinski definition) is 0. The first kappa shape index (κ1) is 9.80. The molecule has 0 saturated carbocycles. The normalized spacial score (nSPS) is 26.5. The van der Waals surface area contributed by atoms with Gasteiger partial charge in [-0.15, -0.1) is 13.2 Å². The Morgan fingerprint density at radius 3 is 2.58 bits per heavy atom. The molecule has 1 saturated heterocycles. The van der Waals surface area contributed by atoms with E-state index in [1.165, 1.54) is 0 Å². The predicted molar refractivity (Wildman–Crippen MR) is 37.7 cm³/mol. The van der Waals surface area contributed by atoms with E-state index in [0.717, 1.165) is 19.4 Å². The highest BCUT2D eigenvalue weighted by atomic mass is 19.4. The lowest BCUT2D eigenvalue weighted by Crippen LogP contribution is -2.32. The molecular formula is C7H12F3NO. The molecule has 72 valence electrons. The molecule has 1 atom stereocenters. The second-order valence-corrected chi connectivity index (χ2v) is 3.03. The summed E-state index contributed by atoms with van der Waals surface area (Å²) in [5.74, 6) is 0. The van der Waals surface area contributed by atoms with Crippen LogP contribution < -0.4 is 0 Å². The zero-order valence-corrected chi connectivity index (χ0v) is 6.90. The molecule has 2 nitrogen and oxygen atoms in total. The molecule has 1 fully saturated rings. The van der Waals surface area contributed by atoms with Crippen molar-refractivity contribution in [3.8, 4) is 0 Å². The molecule has 0 radical (unpaired) electrons. The van der Waals surface area contributed by atoms with Crippen LogP contribution >= 0.6 is 0 Å². The number of likely N-dealkylation sites (tertiary alicyclic amines) is 1. The molecule has 12 heavy (non-hydrogen) atoms. The van der Waals surface area contributed by atoms with Crippen molar-refractivity contribution in [1.29, 1.82) is 0 Å².